The van der Waals surface area contributed by atoms with Gasteiger partial charge in [0.05, 0.1) is 9.49 Å². The zero-order valence-corrected chi connectivity index (χ0v) is 82.1. The van der Waals surface area contributed by atoms with Crippen LogP contribution in [0.2, 0.25) is 0 Å². The molecular formula is C122H138S. The lowest BCUT2D eigenvalue weighted by Gasteiger charge is -2.42. The van der Waals surface area contributed by atoms with Gasteiger partial charge in [-0.05, 0) is 327 Å². The zero-order valence-electron chi connectivity index (χ0n) is 81.3. The van der Waals surface area contributed by atoms with Gasteiger partial charge in [-0.3, -0.25) is 0 Å². The van der Waals surface area contributed by atoms with Crippen molar-refractivity contribution < 1.29 is 0 Å². The first kappa shape index (κ1) is 84.8. The lowest BCUT2D eigenvalue weighted by Crippen LogP contribution is -2.31. The fourth-order valence-electron chi connectivity index (χ4n) is 22.7. The molecule has 12 aromatic rings. The van der Waals surface area contributed by atoms with Crippen LogP contribution < -0.4 is 0 Å². The third-order valence-electron chi connectivity index (χ3n) is 31.0. The first-order valence-corrected chi connectivity index (χ1v) is 47.4. The van der Waals surface area contributed by atoms with Crippen LogP contribution in [0.25, 0.3) is 111 Å². The maximum atomic E-state index is 2.75. The fourth-order valence-corrected chi connectivity index (χ4v) is 24.7. The molecule has 0 spiro atoms. The smallest absolute Gasteiger partial charge is 0.0679 e. The lowest BCUT2D eigenvalue weighted by molar-refractivity contribution is 0.579. The van der Waals surface area contributed by atoms with Gasteiger partial charge in [0.2, 0.25) is 0 Å². The van der Waals surface area contributed by atoms with Gasteiger partial charge in [-0.2, -0.15) is 0 Å². The first-order chi connectivity index (χ1) is 56.9. The normalized spacial score (nSPS) is 16.9. The zero-order chi connectivity index (χ0) is 88.8. The molecule has 0 radical (unpaired) electrons. The summed E-state index contributed by atoms with van der Waals surface area (Å²) in [5.74, 6) is 0. The monoisotopic (exact) mass is 1640 g/mol. The number of hydrogen-bond donors (Lipinski definition) is 0. The molecule has 0 saturated heterocycles. The van der Waals surface area contributed by atoms with Crippen LogP contribution in [0.4, 0.5) is 0 Å². The minimum Gasteiger partial charge on any atom is -0.129 e. The van der Waals surface area contributed by atoms with E-state index in [0.717, 1.165) is 12.8 Å². The Bertz CT molecular complexity index is 5750. The van der Waals surface area contributed by atoms with Crippen LogP contribution in [0.1, 0.15) is 360 Å². The Hall–Kier alpha value is -9.01. The molecule has 0 aromatic heterocycles. The van der Waals surface area contributed by atoms with Crippen molar-refractivity contribution in [2.45, 2.75) is 323 Å². The second-order valence-corrected chi connectivity index (χ2v) is 50.4. The van der Waals surface area contributed by atoms with E-state index >= 15 is 0 Å². The van der Waals surface area contributed by atoms with E-state index in [-0.39, 0.29) is 65.0 Å². The van der Waals surface area contributed by atoms with Crippen molar-refractivity contribution in [3.8, 4) is 111 Å². The van der Waals surface area contributed by atoms with Crippen LogP contribution in [-0.4, -0.2) is 0 Å². The Labute approximate surface area is 745 Å². The van der Waals surface area contributed by atoms with Crippen LogP contribution in [0, 0.1) is 0 Å². The number of rotatable bonds is 8. The molecule has 6 aliphatic rings. The summed E-state index contributed by atoms with van der Waals surface area (Å²) in [6, 6.07) is 82.2. The van der Waals surface area contributed by atoms with Gasteiger partial charge in [0.1, 0.15) is 0 Å². The number of fused-ring (bicyclic) bond motifs is 18. The number of thioether (sulfide) groups is 1. The highest BCUT2D eigenvalue weighted by atomic mass is 32.2. The second kappa shape index (κ2) is 26.8. The van der Waals surface area contributed by atoms with Crippen LogP contribution in [0.5, 0.6) is 0 Å². The predicted octanol–water partition coefficient (Wildman–Crippen LogP) is 34.7. The highest BCUT2D eigenvalue weighted by molar-refractivity contribution is 8.01. The van der Waals surface area contributed by atoms with Gasteiger partial charge in [-0.15, -0.1) is 11.8 Å². The molecule has 0 amide bonds. The van der Waals surface area contributed by atoms with Crippen molar-refractivity contribution in [2.24, 2.45) is 0 Å². The first-order valence-electron chi connectivity index (χ1n) is 46.6. The Morgan fingerprint density at radius 1 is 0.179 bits per heavy atom. The molecule has 0 atom stereocenters. The molecule has 0 unspecified atom stereocenters. The van der Waals surface area contributed by atoms with E-state index in [0.29, 0.717) is 0 Å². The van der Waals surface area contributed by atoms with Crippen LogP contribution >= 0.6 is 11.8 Å². The van der Waals surface area contributed by atoms with Gasteiger partial charge in [-0.25, -0.2) is 0 Å². The molecule has 0 N–H and O–H groups in total. The van der Waals surface area contributed by atoms with E-state index in [9.17, 15) is 0 Å². The molecule has 632 valence electrons. The van der Waals surface area contributed by atoms with E-state index in [4.69, 9.17) is 0 Å². The van der Waals surface area contributed by atoms with Crippen molar-refractivity contribution in [1.29, 1.82) is 0 Å². The number of benzene rings is 12. The van der Waals surface area contributed by atoms with Gasteiger partial charge >= 0.3 is 0 Å². The van der Waals surface area contributed by atoms with E-state index in [1.165, 1.54) is 223 Å². The summed E-state index contributed by atoms with van der Waals surface area (Å²) in [5.41, 5.74) is 53.5. The standard InChI is InChI=1S/C122H138S/c1-35-121(97-53-69(89-57-77(113(15,16)17)65-101-105(89)85-49-41-73(109(3,4)5)61-93(85)117(101,27)28)37-45-81(97)82-46-38-70(54-98(82)121)90-58-78(114(18,19)20)66-102-106(90)86-50-42-74(110(6,7)8)62-94(86)118(102,29)30)123-122(36-2)99-55-71(91-59-79(115(21,22)23)67-103-107(91)87-51-43-75(111(9,10)11)63-95(87)119(103,31)32)39-47-83(99)84-48-40-72(56-100(84)122)92-60-80(116(24,25)26)68-104-108(92)88-52-44-76(112(12,13)14)64-96(88)120(104,33)34/h37-68H,35-36H2,1-34H3. The maximum Gasteiger partial charge on any atom is 0.0679 e. The van der Waals surface area contributed by atoms with E-state index in [1.54, 1.807) is 0 Å². The molecule has 0 nitrogen and oxygen atoms in total. The minimum atomic E-state index is -0.618. The summed E-state index contributed by atoms with van der Waals surface area (Å²) < 4.78 is -1.24. The molecule has 6 aliphatic carbocycles. The highest BCUT2D eigenvalue weighted by Crippen LogP contribution is 2.71. The minimum absolute atomic E-state index is 0.00361. The van der Waals surface area contributed by atoms with Gasteiger partial charge in [-0.1, -0.05) is 381 Å². The Morgan fingerprint density at radius 3 is 0.520 bits per heavy atom. The van der Waals surface area contributed by atoms with Gasteiger partial charge in [0.15, 0.2) is 0 Å². The third-order valence-corrected chi connectivity index (χ3v) is 33.2. The van der Waals surface area contributed by atoms with Crippen molar-refractivity contribution in [1.82, 2.24) is 0 Å². The molecule has 0 fully saturated rings. The van der Waals surface area contributed by atoms with Crippen molar-refractivity contribution >= 4 is 11.8 Å². The molecule has 0 bridgehead atoms. The lowest BCUT2D eigenvalue weighted by atomic mass is 9.76. The molecule has 1 heteroatoms. The summed E-state index contributed by atoms with van der Waals surface area (Å²) in [5, 5.41) is 0. The second-order valence-electron chi connectivity index (χ2n) is 48.8. The average Bonchev–Trinajstić information content (AvgIpc) is 1.53. The summed E-state index contributed by atoms with van der Waals surface area (Å²) in [6.07, 6.45) is 1.70. The quantitative estimate of drug-likeness (QED) is 0.146. The van der Waals surface area contributed by atoms with Gasteiger partial charge in [0, 0.05) is 21.7 Å². The van der Waals surface area contributed by atoms with Crippen LogP contribution in [-0.2, 0) is 74.5 Å². The SMILES string of the molecule is CCC1(SC2(CC)c3cc(-c4cc(C(C)(C)C)cc5c4-c4ccc(C(C)(C)C)cc4C5(C)C)ccc3-c3ccc(-c4cc(C(C)(C)C)cc5c4-c4ccc(C(C)(C)C)cc4C5(C)C)cc32)c2cc(-c3cc(C(C)(C)C)cc4c3-c3ccc(C(C)(C)C)cc3C4(C)C)ccc2-c2ccc(-c3cc(C(C)(C)C)cc4c3-c3ccc(C(C)(C)C)cc3C4(C)C)cc21. The topological polar surface area (TPSA) is 0 Å². The predicted molar refractivity (Wildman–Crippen MR) is 535 cm³/mol. The van der Waals surface area contributed by atoms with Crippen molar-refractivity contribution in [3.05, 3.63) is 305 Å². The van der Waals surface area contributed by atoms with Crippen LogP contribution in [0.3, 0.4) is 0 Å². The van der Waals surface area contributed by atoms with Gasteiger partial charge < -0.3 is 0 Å². The van der Waals surface area contributed by atoms with E-state index < -0.39 is 9.49 Å². The molecule has 18 rings (SSSR count). The molecular weight excluding hydrogens is 1500 g/mol. The summed E-state index contributed by atoms with van der Waals surface area (Å²) in [7, 11) is 0. The van der Waals surface area contributed by atoms with E-state index in [2.05, 4.69) is 441 Å². The highest BCUT2D eigenvalue weighted by Gasteiger charge is 2.55. The third kappa shape index (κ3) is 12.7. The van der Waals surface area contributed by atoms with E-state index in [1.807, 2.05) is 0 Å². The Kier molecular flexibility index (Phi) is 18.5. The largest absolute Gasteiger partial charge is 0.129 e. The molecule has 0 heterocycles. The Morgan fingerprint density at radius 2 is 0.350 bits per heavy atom. The maximum absolute atomic E-state index is 2.75. The molecule has 123 heavy (non-hydrogen) atoms. The molecule has 0 saturated carbocycles. The Balaban J connectivity index is 0.947. The summed E-state index contributed by atoms with van der Waals surface area (Å²) in [6.45, 7) is 82.6. The van der Waals surface area contributed by atoms with Crippen LogP contribution in [0.15, 0.2) is 194 Å². The number of hydrogen-bond acceptors (Lipinski definition) is 1. The molecule has 0 aliphatic heterocycles. The van der Waals surface area contributed by atoms with Crippen molar-refractivity contribution in [2.75, 3.05) is 0 Å². The molecule has 12 aromatic carbocycles. The van der Waals surface area contributed by atoms with Crippen molar-refractivity contribution in [3.63, 3.8) is 0 Å². The summed E-state index contributed by atoms with van der Waals surface area (Å²) >= 11 is 2.30. The summed E-state index contributed by atoms with van der Waals surface area (Å²) in [4.78, 5) is 0. The average molecular weight is 1640 g/mol. The fraction of sp³-hybridized carbons (Fsp3) is 0.410. The van der Waals surface area contributed by atoms with Gasteiger partial charge in [0.25, 0.3) is 0 Å².